The molecule has 1 aliphatic carbocycles. The third-order valence-corrected chi connectivity index (χ3v) is 3.59. The van der Waals surface area contributed by atoms with Gasteiger partial charge in [0.05, 0.1) is 11.1 Å². The lowest BCUT2D eigenvalue weighted by molar-refractivity contribution is -0.138. The molecule has 6 heteroatoms. The number of aliphatic carboxylic acids is 1. The molecule has 1 atom stereocenters. The van der Waals surface area contributed by atoms with Gasteiger partial charge in [0.1, 0.15) is 17.6 Å². The van der Waals surface area contributed by atoms with Crippen LogP contribution in [-0.2, 0) is 11.2 Å². The Balaban J connectivity index is 2.19. The smallest absolute Gasteiger partial charge is 0.320 e. The largest absolute Gasteiger partial charge is 0.492 e. The second-order valence-electron chi connectivity index (χ2n) is 4.78. The molecule has 0 bridgehead atoms. The third kappa shape index (κ3) is 3.91. The van der Waals surface area contributed by atoms with Crippen LogP contribution in [0.1, 0.15) is 18.4 Å². The maximum Gasteiger partial charge on any atom is 0.320 e. The number of ether oxygens (including phenoxy) is 1. The number of carboxylic acid groups (broad SMARTS) is 1. The van der Waals surface area contributed by atoms with Gasteiger partial charge in [-0.1, -0.05) is 0 Å². The van der Waals surface area contributed by atoms with E-state index in [0.717, 1.165) is 12.8 Å². The first-order valence-corrected chi connectivity index (χ1v) is 6.85. The van der Waals surface area contributed by atoms with Gasteiger partial charge in [-0.15, -0.1) is 0 Å². The normalized spacial score (nSPS) is 16.2. The Hall–Kier alpha value is -1.14. The van der Waals surface area contributed by atoms with Gasteiger partial charge in [0.2, 0.25) is 0 Å². The minimum Gasteiger partial charge on any atom is -0.492 e. The number of carboxylic acids is 1. The van der Waals surface area contributed by atoms with E-state index in [1.54, 1.807) is 0 Å². The van der Waals surface area contributed by atoms with Gasteiger partial charge in [0, 0.05) is 12.0 Å². The SMILES string of the molecule is NC(Cc1cc(F)cc(Br)c1OCC1CC1)C(=O)O. The van der Waals surface area contributed by atoms with Crippen molar-refractivity contribution in [3.63, 3.8) is 0 Å². The zero-order chi connectivity index (χ0) is 14.0. The fraction of sp³-hybridized carbons (Fsp3) is 0.462. The van der Waals surface area contributed by atoms with E-state index in [1.165, 1.54) is 12.1 Å². The van der Waals surface area contributed by atoms with Gasteiger partial charge >= 0.3 is 5.97 Å². The molecule has 1 aromatic carbocycles. The topological polar surface area (TPSA) is 72.5 Å². The van der Waals surface area contributed by atoms with Crippen molar-refractivity contribution >= 4 is 21.9 Å². The quantitative estimate of drug-likeness (QED) is 0.839. The Kier molecular flexibility index (Phi) is 4.42. The molecule has 1 aliphatic rings. The minimum atomic E-state index is -1.12. The molecule has 1 saturated carbocycles. The molecular weight excluding hydrogens is 317 g/mol. The molecular formula is C13H15BrFNO3. The molecule has 0 radical (unpaired) electrons. The number of hydrogen-bond donors (Lipinski definition) is 2. The van der Waals surface area contributed by atoms with Gasteiger partial charge in [0.15, 0.2) is 0 Å². The minimum absolute atomic E-state index is 0.0334. The maximum absolute atomic E-state index is 13.4. The first-order valence-electron chi connectivity index (χ1n) is 6.06. The van der Waals surface area contributed by atoms with Gasteiger partial charge in [-0.2, -0.15) is 0 Å². The second-order valence-corrected chi connectivity index (χ2v) is 5.63. The van der Waals surface area contributed by atoms with Crippen LogP contribution in [0.4, 0.5) is 4.39 Å². The third-order valence-electron chi connectivity index (χ3n) is 3.00. The van der Waals surface area contributed by atoms with E-state index in [4.69, 9.17) is 15.6 Å². The van der Waals surface area contributed by atoms with Crippen LogP contribution >= 0.6 is 15.9 Å². The standard InChI is InChI=1S/C13H15BrFNO3/c14-10-5-9(15)3-8(4-11(16)13(17)18)12(10)19-6-7-1-2-7/h3,5,7,11H,1-2,4,6,16H2,(H,17,18). The Morgan fingerprint density at radius 1 is 1.58 bits per heavy atom. The summed E-state index contributed by atoms with van der Waals surface area (Å²) in [6, 6.07) is 1.50. The monoisotopic (exact) mass is 331 g/mol. The summed E-state index contributed by atoms with van der Waals surface area (Å²) in [4.78, 5) is 10.8. The molecule has 3 N–H and O–H groups in total. The highest BCUT2D eigenvalue weighted by Crippen LogP contribution is 2.35. The summed E-state index contributed by atoms with van der Waals surface area (Å²) in [6.07, 6.45) is 2.32. The highest BCUT2D eigenvalue weighted by atomic mass is 79.9. The number of rotatable bonds is 6. The van der Waals surface area contributed by atoms with Gasteiger partial charge in [-0.25, -0.2) is 4.39 Å². The van der Waals surface area contributed by atoms with E-state index in [2.05, 4.69) is 15.9 Å². The van der Waals surface area contributed by atoms with Crippen LogP contribution in [0.5, 0.6) is 5.75 Å². The molecule has 4 nitrogen and oxygen atoms in total. The summed E-state index contributed by atoms with van der Waals surface area (Å²) in [5, 5.41) is 8.83. The van der Waals surface area contributed by atoms with E-state index in [-0.39, 0.29) is 6.42 Å². The Labute approximate surface area is 118 Å². The van der Waals surface area contributed by atoms with Crippen molar-refractivity contribution < 1.29 is 19.0 Å². The fourth-order valence-electron chi connectivity index (χ4n) is 1.74. The molecule has 1 unspecified atom stereocenters. The first kappa shape index (κ1) is 14.3. The van der Waals surface area contributed by atoms with E-state index in [1.807, 2.05) is 0 Å². The van der Waals surface area contributed by atoms with Crippen molar-refractivity contribution in [1.29, 1.82) is 0 Å². The summed E-state index contributed by atoms with van der Waals surface area (Å²) < 4.78 is 19.5. The lowest BCUT2D eigenvalue weighted by atomic mass is 10.1. The highest BCUT2D eigenvalue weighted by Gasteiger charge is 2.24. The van der Waals surface area contributed by atoms with E-state index in [9.17, 15) is 9.18 Å². The predicted molar refractivity (Wildman–Crippen MR) is 71.6 cm³/mol. The van der Waals surface area contributed by atoms with Gasteiger partial charge in [0.25, 0.3) is 0 Å². The summed E-state index contributed by atoms with van der Waals surface area (Å²) in [7, 11) is 0. The number of hydrogen-bond acceptors (Lipinski definition) is 3. The zero-order valence-corrected chi connectivity index (χ0v) is 11.8. The van der Waals surface area contributed by atoms with Crippen LogP contribution in [0.2, 0.25) is 0 Å². The molecule has 0 heterocycles. The molecule has 104 valence electrons. The summed E-state index contributed by atoms with van der Waals surface area (Å²) in [5.74, 6) is -0.519. The van der Waals surface area contributed by atoms with Gasteiger partial charge < -0.3 is 15.6 Å². The van der Waals surface area contributed by atoms with Crippen molar-refractivity contribution in [2.75, 3.05) is 6.61 Å². The number of carbonyl (C=O) groups is 1. The second kappa shape index (κ2) is 5.88. The van der Waals surface area contributed by atoms with Crippen molar-refractivity contribution in [2.45, 2.75) is 25.3 Å². The number of nitrogens with two attached hydrogens (primary N) is 1. The van der Waals surface area contributed by atoms with Crippen molar-refractivity contribution in [1.82, 2.24) is 0 Å². The molecule has 0 saturated heterocycles. The van der Waals surface area contributed by atoms with E-state index < -0.39 is 17.8 Å². The zero-order valence-electron chi connectivity index (χ0n) is 10.2. The molecule has 2 rings (SSSR count). The maximum atomic E-state index is 13.4. The van der Waals surface area contributed by atoms with E-state index >= 15 is 0 Å². The number of benzene rings is 1. The Morgan fingerprint density at radius 3 is 2.84 bits per heavy atom. The van der Waals surface area contributed by atoms with Crippen LogP contribution in [0.15, 0.2) is 16.6 Å². The predicted octanol–water partition coefficient (Wildman–Crippen LogP) is 2.33. The van der Waals surface area contributed by atoms with Crippen molar-refractivity contribution in [3.8, 4) is 5.75 Å². The van der Waals surface area contributed by atoms with E-state index in [0.29, 0.717) is 28.3 Å². The molecule has 1 aromatic rings. The Morgan fingerprint density at radius 2 is 2.26 bits per heavy atom. The molecule has 0 amide bonds. The van der Waals surface area contributed by atoms with Crippen molar-refractivity contribution in [3.05, 3.63) is 28.0 Å². The molecule has 0 spiro atoms. The summed E-state index contributed by atoms with van der Waals surface area (Å²) in [5.41, 5.74) is 5.97. The number of halogens is 2. The van der Waals surface area contributed by atoms with Crippen LogP contribution < -0.4 is 10.5 Å². The van der Waals surface area contributed by atoms with Crippen LogP contribution in [0.25, 0.3) is 0 Å². The molecule has 0 aliphatic heterocycles. The van der Waals surface area contributed by atoms with Crippen LogP contribution in [0, 0.1) is 11.7 Å². The molecule has 19 heavy (non-hydrogen) atoms. The van der Waals surface area contributed by atoms with Crippen LogP contribution in [0.3, 0.4) is 0 Å². The lowest BCUT2D eigenvalue weighted by Crippen LogP contribution is -2.32. The Bertz CT molecular complexity index is 491. The first-order chi connectivity index (χ1) is 8.97. The van der Waals surface area contributed by atoms with Gasteiger partial charge in [-0.05, 0) is 46.8 Å². The summed E-state index contributed by atoms with van der Waals surface area (Å²) >= 11 is 3.24. The van der Waals surface area contributed by atoms with Gasteiger partial charge in [-0.3, -0.25) is 4.79 Å². The van der Waals surface area contributed by atoms with Crippen molar-refractivity contribution in [2.24, 2.45) is 11.7 Å². The fourth-order valence-corrected chi connectivity index (χ4v) is 2.32. The highest BCUT2D eigenvalue weighted by molar-refractivity contribution is 9.10. The average molecular weight is 332 g/mol. The molecule has 0 aromatic heterocycles. The summed E-state index contributed by atoms with van der Waals surface area (Å²) in [6.45, 7) is 0.569. The average Bonchev–Trinajstić information content (AvgIpc) is 3.11. The lowest BCUT2D eigenvalue weighted by Gasteiger charge is -2.15. The molecule has 1 fully saturated rings. The van der Waals surface area contributed by atoms with Crippen LogP contribution in [-0.4, -0.2) is 23.7 Å².